The molecule has 1 rings (SSSR count). The Hall–Kier alpha value is -1.17. The molecule has 3 heteroatoms. The summed E-state index contributed by atoms with van der Waals surface area (Å²) >= 11 is 0. The summed E-state index contributed by atoms with van der Waals surface area (Å²) in [5.41, 5.74) is 2.36. The van der Waals surface area contributed by atoms with E-state index in [0.29, 0.717) is 0 Å². The van der Waals surface area contributed by atoms with Gasteiger partial charge in [0.25, 0.3) is 0 Å². The zero-order valence-electron chi connectivity index (χ0n) is 6.84. The topological polar surface area (TPSA) is 10.8 Å². The molecule has 0 aromatic heterocycles. The van der Waals surface area contributed by atoms with Gasteiger partial charge in [-0.25, -0.2) is 0 Å². The van der Waals surface area contributed by atoms with Gasteiger partial charge in [0.05, 0.1) is 14.1 Å². The zero-order valence-corrected chi connectivity index (χ0v) is 6.84. The average molecular weight is 138 g/mol. The molecule has 0 atom stereocenters. The van der Waals surface area contributed by atoms with Crippen LogP contribution in [0.5, 0.6) is 0 Å². The lowest BCUT2D eigenvalue weighted by Gasteiger charge is -2.12. The molecule has 1 aliphatic heterocycles. The predicted molar refractivity (Wildman–Crippen MR) is 41.1 cm³/mol. The first-order valence-electron chi connectivity index (χ1n) is 3.24. The first-order chi connectivity index (χ1) is 4.63. The van der Waals surface area contributed by atoms with Gasteiger partial charge in [0.2, 0.25) is 0 Å². The quantitative estimate of drug-likeness (QED) is 0.467. The van der Waals surface area contributed by atoms with Crippen molar-refractivity contribution in [3.63, 3.8) is 0 Å². The van der Waals surface area contributed by atoms with Gasteiger partial charge in [0.1, 0.15) is 11.4 Å². The molecule has 0 aromatic carbocycles. The van der Waals surface area contributed by atoms with E-state index in [1.807, 2.05) is 37.9 Å². The van der Waals surface area contributed by atoms with Crippen molar-refractivity contribution in [3.8, 4) is 6.19 Å². The van der Waals surface area contributed by atoms with Crippen molar-refractivity contribution >= 4 is 0 Å². The standard InChI is InChI=1S/C7H12N3/c1-6-7(2)10(4)8-5-9(6)3/h1-4H3/q+1. The van der Waals surface area contributed by atoms with Crippen molar-refractivity contribution in [2.24, 2.45) is 0 Å². The lowest BCUT2D eigenvalue weighted by molar-refractivity contribution is 0.468. The molecule has 3 nitrogen and oxygen atoms in total. The molecule has 0 bridgehead atoms. The van der Waals surface area contributed by atoms with Crippen LogP contribution < -0.4 is 0 Å². The maximum Gasteiger partial charge on any atom is 0.413 e. The van der Waals surface area contributed by atoms with Gasteiger partial charge in [-0.05, 0) is 11.9 Å². The molecule has 1 heterocycles. The highest BCUT2D eigenvalue weighted by Gasteiger charge is 2.18. The van der Waals surface area contributed by atoms with Crippen LogP contribution in [0.15, 0.2) is 11.4 Å². The Bertz CT molecular complexity index is 209. The Kier molecular flexibility index (Phi) is 1.54. The van der Waals surface area contributed by atoms with E-state index < -0.39 is 0 Å². The first kappa shape index (κ1) is 6.94. The second kappa shape index (κ2) is 2.22. The highest BCUT2D eigenvalue weighted by atomic mass is 15.5. The number of allylic oxidation sites excluding steroid dienone is 2. The molecular weight excluding hydrogens is 126 g/mol. The third kappa shape index (κ3) is 0.926. The number of hydrogen-bond donors (Lipinski definition) is 0. The average Bonchev–Trinajstić information content (AvgIpc) is 1.93. The summed E-state index contributed by atoms with van der Waals surface area (Å²) in [5, 5.41) is 1.81. The molecule has 0 spiro atoms. The van der Waals surface area contributed by atoms with Crippen LogP contribution in [0.4, 0.5) is 0 Å². The highest BCUT2D eigenvalue weighted by molar-refractivity contribution is 5.16. The van der Waals surface area contributed by atoms with Gasteiger partial charge in [0.15, 0.2) is 0 Å². The second-order valence-corrected chi connectivity index (χ2v) is 2.45. The smallest absolute Gasteiger partial charge is 0.178 e. The van der Waals surface area contributed by atoms with E-state index in [2.05, 4.69) is 11.1 Å². The molecule has 0 radical (unpaired) electrons. The van der Waals surface area contributed by atoms with E-state index in [4.69, 9.17) is 0 Å². The Morgan fingerprint density at radius 1 is 1.20 bits per heavy atom. The van der Waals surface area contributed by atoms with Gasteiger partial charge in [-0.1, -0.05) is 0 Å². The Balaban J connectivity index is 2.96. The van der Waals surface area contributed by atoms with E-state index in [1.165, 1.54) is 11.4 Å². The van der Waals surface area contributed by atoms with Crippen LogP contribution in [-0.4, -0.2) is 24.0 Å². The van der Waals surface area contributed by atoms with Crippen LogP contribution in [0.25, 0.3) is 4.95 Å². The largest absolute Gasteiger partial charge is 0.413 e. The van der Waals surface area contributed by atoms with Gasteiger partial charge in [-0.15, -0.1) is 5.01 Å². The molecule has 0 amide bonds. The van der Waals surface area contributed by atoms with Crippen molar-refractivity contribution in [2.75, 3.05) is 14.1 Å². The third-order valence-corrected chi connectivity index (χ3v) is 1.86. The van der Waals surface area contributed by atoms with Gasteiger partial charge >= 0.3 is 6.19 Å². The minimum atomic E-state index is 1.17. The SMILES string of the molecule is CC1=C(C)N(C)[N+]#CN1C. The zero-order chi connectivity index (χ0) is 7.72. The molecule has 0 fully saturated rings. The fourth-order valence-corrected chi connectivity index (χ4v) is 0.761. The molecule has 54 valence electrons. The maximum absolute atomic E-state index is 3.99. The number of hydrogen-bond acceptors (Lipinski definition) is 2. The minimum absolute atomic E-state index is 1.17. The minimum Gasteiger partial charge on any atom is -0.178 e. The normalized spacial score (nSPS) is 17.2. The fourth-order valence-electron chi connectivity index (χ4n) is 0.761. The summed E-state index contributed by atoms with van der Waals surface area (Å²) in [4.78, 5) is 5.88. The van der Waals surface area contributed by atoms with Crippen molar-refractivity contribution in [3.05, 3.63) is 16.3 Å². The molecule has 0 saturated heterocycles. The van der Waals surface area contributed by atoms with Gasteiger partial charge < -0.3 is 0 Å². The summed E-state index contributed by atoms with van der Waals surface area (Å²) in [6, 6.07) is 0. The molecule has 0 aliphatic carbocycles. The van der Waals surface area contributed by atoms with E-state index in [9.17, 15) is 0 Å². The Morgan fingerprint density at radius 3 is 2.30 bits per heavy atom. The van der Waals surface area contributed by atoms with Crippen molar-refractivity contribution < 1.29 is 0 Å². The van der Waals surface area contributed by atoms with Gasteiger partial charge in [-0.3, -0.25) is 0 Å². The molecule has 1 aliphatic rings. The third-order valence-electron chi connectivity index (χ3n) is 1.86. The summed E-state index contributed by atoms with van der Waals surface area (Å²) < 4.78 is 0. The monoisotopic (exact) mass is 138 g/mol. The number of nitrogens with zero attached hydrogens (tertiary/aromatic N) is 3. The van der Waals surface area contributed by atoms with Crippen molar-refractivity contribution in [2.45, 2.75) is 13.8 Å². The molecule has 0 unspecified atom stereocenters. The van der Waals surface area contributed by atoms with Crippen LogP contribution in [0.3, 0.4) is 0 Å². The van der Waals surface area contributed by atoms with Crippen LogP contribution in [0.1, 0.15) is 13.8 Å². The lowest BCUT2D eigenvalue weighted by Crippen LogP contribution is -2.20. The van der Waals surface area contributed by atoms with Crippen LogP contribution in [-0.2, 0) is 0 Å². The maximum atomic E-state index is 3.99. The van der Waals surface area contributed by atoms with E-state index in [0.717, 1.165) is 0 Å². The van der Waals surface area contributed by atoms with Crippen molar-refractivity contribution in [1.82, 2.24) is 9.91 Å². The first-order valence-corrected chi connectivity index (χ1v) is 3.24. The summed E-state index contributed by atoms with van der Waals surface area (Å²) in [7, 11) is 3.86. The highest BCUT2D eigenvalue weighted by Crippen LogP contribution is 2.14. The number of rotatable bonds is 0. The lowest BCUT2D eigenvalue weighted by atomic mass is 10.3. The van der Waals surface area contributed by atoms with Crippen molar-refractivity contribution in [1.29, 1.82) is 0 Å². The molecule has 10 heavy (non-hydrogen) atoms. The van der Waals surface area contributed by atoms with Gasteiger partial charge in [0, 0.05) is 6.92 Å². The fraction of sp³-hybridized carbons (Fsp3) is 0.571. The van der Waals surface area contributed by atoms with Crippen LogP contribution in [0.2, 0.25) is 0 Å². The summed E-state index contributed by atoms with van der Waals surface area (Å²) in [5.74, 6) is 0. The van der Waals surface area contributed by atoms with E-state index in [-0.39, 0.29) is 0 Å². The molecule has 0 N–H and O–H groups in total. The van der Waals surface area contributed by atoms with E-state index >= 15 is 0 Å². The summed E-state index contributed by atoms with van der Waals surface area (Å²) in [6.45, 7) is 4.09. The second-order valence-electron chi connectivity index (χ2n) is 2.45. The predicted octanol–water partition coefficient (Wildman–Crippen LogP) is 1.32. The Labute approximate surface area is 61.3 Å². The Morgan fingerprint density at radius 2 is 1.80 bits per heavy atom. The van der Waals surface area contributed by atoms with Crippen LogP contribution >= 0.6 is 0 Å². The van der Waals surface area contributed by atoms with E-state index in [1.54, 1.807) is 0 Å². The van der Waals surface area contributed by atoms with Gasteiger partial charge in [-0.2, -0.15) is 4.90 Å². The van der Waals surface area contributed by atoms with Crippen LogP contribution in [0, 0.1) is 6.19 Å². The molecular formula is C7H12N3+. The molecule has 0 aromatic rings. The summed E-state index contributed by atoms with van der Waals surface area (Å²) in [6.07, 6.45) is 2.84. The molecule has 0 saturated carbocycles.